The van der Waals surface area contributed by atoms with Gasteiger partial charge in [-0.15, -0.1) is 0 Å². The summed E-state index contributed by atoms with van der Waals surface area (Å²) >= 11 is 0. The number of ether oxygens (including phenoxy) is 1. The van der Waals surface area contributed by atoms with E-state index in [9.17, 15) is 19.7 Å². The van der Waals surface area contributed by atoms with Gasteiger partial charge in [0, 0.05) is 12.6 Å². The molecule has 0 amide bonds. The van der Waals surface area contributed by atoms with E-state index in [0.29, 0.717) is 6.54 Å². The van der Waals surface area contributed by atoms with Crippen molar-refractivity contribution in [1.29, 1.82) is 0 Å². The summed E-state index contributed by atoms with van der Waals surface area (Å²) in [5.41, 5.74) is 0.245. The normalized spacial score (nSPS) is 31.2. The number of hydrogen-bond acceptors (Lipinski definition) is 6. The van der Waals surface area contributed by atoms with E-state index >= 15 is 0 Å². The van der Waals surface area contributed by atoms with Gasteiger partial charge < -0.3 is 20.1 Å². The summed E-state index contributed by atoms with van der Waals surface area (Å²) < 4.78 is 18.1. The van der Waals surface area contributed by atoms with Crippen molar-refractivity contribution < 1.29 is 24.4 Å². The molecular weight excluding hydrogens is 267 g/mol. The van der Waals surface area contributed by atoms with Crippen LogP contribution in [0.4, 0.5) is 4.39 Å². The van der Waals surface area contributed by atoms with Crippen molar-refractivity contribution in [2.75, 3.05) is 20.2 Å². The molecule has 6 nitrogen and oxygen atoms in total. The lowest BCUT2D eigenvalue weighted by atomic mass is 9.95. The predicted molar refractivity (Wildman–Crippen MR) is 69.0 cm³/mol. The third-order valence-electron chi connectivity index (χ3n) is 3.54. The predicted octanol–water partition coefficient (Wildman–Crippen LogP) is -0.673. The van der Waals surface area contributed by atoms with Crippen LogP contribution in [0.25, 0.3) is 0 Å². The van der Waals surface area contributed by atoms with E-state index in [4.69, 9.17) is 4.74 Å². The van der Waals surface area contributed by atoms with Crippen molar-refractivity contribution >= 4 is 0 Å². The number of piperidine rings is 1. The number of nitrogens with zero attached hydrogens (tertiary/aromatic N) is 2. The average Bonchev–Trinajstić information content (AvgIpc) is 2.45. The van der Waals surface area contributed by atoms with Gasteiger partial charge in [-0.1, -0.05) is 6.07 Å². The zero-order chi connectivity index (χ0) is 14.7. The summed E-state index contributed by atoms with van der Waals surface area (Å²) in [5, 5.41) is 29.2. The van der Waals surface area contributed by atoms with Gasteiger partial charge in [0.15, 0.2) is 0 Å². The first kappa shape index (κ1) is 15.1. The molecule has 2 heterocycles. The molecule has 20 heavy (non-hydrogen) atoms. The number of aliphatic hydroxyl groups excluding tert-OH is 3. The van der Waals surface area contributed by atoms with E-state index in [1.807, 2.05) is 0 Å². The minimum Gasteiger partial charge on any atom is -0.470 e. The molecule has 2 rings (SSSR count). The topological polar surface area (TPSA) is 86.1 Å². The molecule has 0 aliphatic carbocycles. The molecule has 7 heteroatoms. The second-order valence-electron chi connectivity index (χ2n) is 4.93. The van der Waals surface area contributed by atoms with Gasteiger partial charge in [0.05, 0.1) is 18.3 Å². The SMILES string of the molecule is CN1C[C@H](Oc2cccc(CF)n2)[C@@H](O)[C@@H](O)[C@H]1CO. The van der Waals surface area contributed by atoms with Gasteiger partial charge in [0.1, 0.15) is 25.0 Å². The number of halogens is 1. The van der Waals surface area contributed by atoms with Crippen molar-refractivity contribution in [2.24, 2.45) is 0 Å². The van der Waals surface area contributed by atoms with E-state index in [2.05, 4.69) is 4.98 Å². The van der Waals surface area contributed by atoms with E-state index in [0.717, 1.165) is 0 Å². The Labute approximate surface area is 116 Å². The largest absolute Gasteiger partial charge is 0.470 e. The summed E-state index contributed by atoms with van der Waals surface area (Å²) in [5.74, 6) is 0.201. The van der Waals surface area contributed by atoms with Crippen LogP contribution in [0.1, 0.15) is 5.69 Å². The lowest BCUT2D eigenvalue weighted by molar-refractivity contribution is -0.132. The van der Waals surface area contributed by atoms with Crippen LogP contribution < -0.4 is 4.74 Å². The van der Waals surface area contributed by atoms with Gasteiger partial charge in [-0.25, -0.2) is 9.37 Å². The molecule has 0 spiro atoms. The molecule has 1 saturated heterocycles. The molecule has 1 aliphatic heterocycles. The van der Waals surface area contributed by atoms with Gasteiger partial charge in [-0.3, -0.25) is 4.90 Å². The first-order chi connectivity index (χ1) is 9.56. The molecule has 1 aromatic heterocycles. The van der Waals surface area contributed by atoms with Gasteiger partial charge in [-0.05, 0) is 13.1 Å². The van der Waals surface area contributed by atoms with Gasteiger partial charge in [-0.2, -0.15) is 0 Å². The van der Waals surface area contributed by atoms with E-state index in [1.54, 1.807) is 24.1 Å². The zero-order valence-corrected chi connectivity index (χ0v) is 11.2. The van der Waals surface area contributed by atoms with Crippen LogP contribution in [0.5, 0.6) is 5.88 Å². The van der Waals surface area contributed by atoms with E-state index < -0.39 is 31.0 Å². The maximum Gasteiger partial charge on any atom is 0.213 e. The summed E-state index contributed by atoms with van der Waals surface area (Å²) in [6.07, 6.45) is -2.95. The molecule has 0 aromatic carbocycles. The highest BCUT2D eigenvalue weighted by molar-refractivity contribution is 5.16. The molecule has 1 aliphatic rings. The Morgan fingerprint density at radius 2 is 2.15 bits per heavy atom. The van der Waals surface area contributed by atoms with E-state index in [1.165, 1.54) is 6.07 Å². The van der Waals surface area contributed by atoms with Crippen LogP contribution >= 0.6 is 0 Å². The molecular formula is C13H19FN2O4. The number of aliphatic hydroxyl groups is 3. The second-order valence-corrected chi connectivity index (χ2v) is 4.93. The standard InChI is InChI=1S/C13H19FN2O4/c1-16-6-10(13(19)12(18)9(16)7-17)20-11-4-2-3-8(5-14)15-11/h2-4,9-10,12-13,17-19H,5-7H2,1H3/t9-,10+,12+,13-/m1/s1. The number of pyridine rings is 1. The van der Waals surface area contributed by atoms with Crippen LogP contribution in [-0.2, 0) is 6.67 Å². The molecule has 0 bridgehead atoms. The Morgan fingerprint density at radius 1 is 1.40 bits per heavy atom. The maximum atomic E-state index is 12.5. The Kier molecular flexibility index (Phi) is 4.87. The molecule has 0 saturated carbocycles. The fourth-order valence-corrected chi connectivity index (χ4v) is 2.34. The maximum absolute atomic E-state index is 12.5. The lowest BCUT2D eigenvalue weighted by Gasteiger charge is -2.42. The van der Waals surface area contributed by atoms with Crippen molar-refractivity contribution in [3.05, 3.63) is 23.9 Å². The number of rotatable bonds is 4. The van der Waals surface area contributed by atoms with Crippen molar-refractivity contribution in [3.8, 4) is 5.88 Å². The minimum atomic E-state index is -1.14. The lowest BCUT2D eigenvalue weighted by Crippen LogP contribution is -2.62. The molecule has 0 unspecified atom stereocenters. The Balaban J connectivity index is 2.09. The highest BCUT2D eigenvalue weighted by atomic mass is 19.1. The number of alkyl halides is 1. The van der Waals surface area contributed by atoms with Gasteiger partial charge in [0.25, 0.3) is 0 Å². The third-order valence-corrected chi connectivity index (χ3v) is 3.54. The Bertz CT molecular complexity index is 448. The molecule has 112 valence electrons. The fourth-order valence-electron chi connectivity index (χ4n) is 2.34. The number of likely N-dealkylation sites (N-methyl/N-ethyl adjacent to an activating group) is 1. The van der Waals surface area contributed by atoms with Crippen LogP contribution in [0.15, 0.2) is 18.2 Å². The van der Waals surface area contributed by atoms with Crippen molar-refractivity contribution in [3.63, 3.8) is 0 Å². The molecule has 0 radical (unpaired) electrons. The molecule has 4 atom stereocenters. The van der Waals surface area contributed by atoms with Crippen LogP contribution in [0.3, 0.4) is 0 Å². The summed E-state index contributed by atoms with van der Waals surface area (Å²) in [6, 6.07) is 4.18. The van der Waals surface area contributed by atoms with Crippen molar-refractivity contribution in [2.45, 2.75) is 31.0 Å². The monoisotopic (exact) mass is 286 g/mol. The summed E-state index contributed by atoms with van der Waals surface area (Å²) in [6.45, 7) is -0.623. The number of likely N-dealkylation sites (tertiary alicyclic amines) is 1. The first-order valence-corrected chi connectivity index (χ1v) is 6.42. The zero-order valence-electron chi connectivity index (χ0n) is 11.2. The first-order valence-electron chi connectivity index (χ1n) is 6.42. The van der Waals surface area contributed by atoms with E-state index in [-0.39, 0.29) is 18.2 Å². The highest BCUT2D eigenvalue weighted by Gasteiger charge is 2.41. The van der Waals surface area contributed by atoms with Crippen LogP contribution in [0.2, 0.25) is 0 Å². The number of hydrogen-bond donors (Lipinski definition) is 3. The Hall–Kier alpha value is -1.28. The molecule has 1 fully saturated rings. The summed E-state index contributed by atoms with van der Waals surface area (Å²) in [7, 11) is 1.72. The fraction of sp³-hybridized carbons (Fsp3) is 0.615. The average molecular weight is 286 g/mol. The van der Waals surface area contributed by atoms with Gasteiger partial charge in [0.2, 0.25) is 5.88 Å². The smallest absolute Gasteiger partial charge is 0.213 e. The van der Waals surface area contributed by atoms with Crippen molar-refractivity contribution in [1.82, 2.24) is 9.88 Å². The number of aromatic nitrogens is 1. The molecule has 3 N–H and O–H groups in total. The summed E-state index contributed by atoms with van der Waals surface area (Å²) in [4.78, 5) is 5.66. The Morgan fingerprint density at radius 3 is 2.80 bits per heavy atom. The highest BCUT2D eigenvalue weighted by Crippen LogP contribution is 2.21. The molecule has 1 aromatic rings. The van der Waals surface area contributed by atoms with Crippen LogP contribution in [0, 0.1) is 0 Å². The van der Waals surface area contributed by atoms with Crippen LogP contribution in [-0.4, -0.2) is 69.8 Å². The minimum absolute atomic E-state index is 0.201. The third kappa shape index (κ3) is 3.06. The van der Waals surface area contributed by atoms with Gasteiger partial charge >= 0.3 is 0 Å². The quantitative estimate of drug-likeness (QED) is 0.680. The second kappa shape index (κ2) is 6.45.